The number of aromatic nitrogens is 1. The fraction of sp³-hybridized carbons (Fsp3) is 0.583. The largest absolute Gasteiger partial charge is 0.398 e. The van der Waals surface area contributed by atoms with E-state index >= 15 is 0 Å². The van der Waals surface area contributed by atoms with E-state index in [0.29, 0.717) is 4.83 Å². The highest BCUT2D eigenvalue weighted by molar-refractivity contribution is 9.09. The molecule has 1 saturated carbocycles. The van der Waals surface area contributed by atoms with Gasteiger partial charge in [-0.15, -0.1) is 0 Å². The van der Waals surface area contributed by atoms with Crippen molar-refractivity contribution >= 4 is 21.6 Å². The Morgan fingerprint density at radius 1 is 1.53 bits per heavy atom. The van der Waals surface area contributed by atoms with Crippen molar-refractivity contribution in [1.82, 2.24) is 4.98 Å². The average Bonchev–Trinajstić information content (AvgIpc) is 2.53. The van der Waals surface area contributed by atoms with Crippen molar-refractivity contribution in [3.8, 4) is 0 Å². The molecule has 1 aliphatic rings. The predicted molar refractivity (Wildman–Crippen MR) is 67.0 cm³/mol. The van der Waals surface area contributed by atoms with E-state index in [1.54, 1.807) is 6.20 Å². The molecule has 0 bridgehead atoms. The number of nitrogens with zero attached hydrogens (tertiary/aromatic N) is 1. The Morgan fingerprint density at radius 2 is 2.33 bits per heavy atom. The molecular formula is C12H17BrN2. The molecule has 0 amide bonds. The van der Waals surface area contributed by atoms with Crippen molar-refractivity contribution in [1.29, 1.82) is 0 Å². The molecule has 0 aliphatic heterocycles. The summed E-state index contributed by atoms with van der Waals surface area (Å²) in [6.45, 7) is 2.32. The first-order valence-corrected chi connectivity index (χ1v) is 6.42. The fourth-order valence-corrected chi connectivity index (χ4v) is 3.07. The fourth-order valence-electron chi connectivity index (χ4n) is 2.37. The Hall–Kier alpha value is -0.570. The van der Waals surface area contributed by atoms with Gasteiger partial charge in [-0.3, -0.25) is 4.98 Å². The van der Waals surface area contributed by atoms with E-state index in [0.717, 1.165) is 23.9 Å². The van der Waals surface area contributed by atoms with E-state index in [9.17, 15) is 0 Å². The van der Waals surface area contributed by atoms with Crippen LogP contribution < -0.4 is 5.73 Å². The summed E-state index contributed by atoms with van der Waals surface area (Å²) >= 11 is 3.73. The zero-order valence-corrected chi connectivity index (χ0v) is 10.6. The molecule has 3 unspecified atom stereocenters. The van der Waals surface area contributed by atoms with Crippen LogP contribution in [-0.4, -0.2) is 9.81 Å². The maximum Gasteiger partial charge on any atom is 0.0377 e. The summed E-state index contributed by atoms with van der Waals surface area (Å²) in [7, 11) is 0. The molecule has 82 valence electrons. The molecule has 1 aliphatic carbocycles. The van der Waals surface area contributed by atoms with Gasteiger partial charge in [0.2, 0.25) is 0 Å². The Balaban J connectivity index is 2.07. The second-order valence-corrected chi connectivity index (χ2v) is 5.67. The van der Waals surface area contributed by atoms with Crippen LogP contribution >= 0.6 is 15.9 Å². The molecular weight excluding hydrogens is 252 g/mol. The molecule has 1 aromatic rings. The van der Waals surface area contributed by atoms with Crippen LogP contribution in [0.25, 0.3) is 0 Å². The first-order valence-electron chi connectivity index (χ1n) is 5.51. The highest BCUT2D eigenvalue weighted by atomic mass is 79.9. The van der Waals surface area contributed by atoms with Crippen LogP contribution in [0.4, 0.5) is 5.69 Å². The van der Waals surface area contributed by atoms with Crippen molar-refractivity contribution in [2.45, 2.75) is 31.0 Å². The van der Waals surface area contributed by atoms with Gasteiger partial charge in [0.25, 0.3) is 0 Å². The van der Waals surface area contributed by atoms with Crippen molar-refractivity contribution in [2.24, 2.45) is 11.8 Å². The first-order chi connectivity index (χ1) is 7.18. The van der Waals surface area contributed by atoms with E-state index < -0.39 is 0 Å². The third-order valence-electron chi connectivity index (χ3n) is 3.55. The minimum atomic E-state index is 0.681. The van der Waals surface area contributed by atoms with Gasteiger partial charge in [0.15, 0.2) is 0 Å². The van der Waals surface area contributed by atoms with Crippen LogP contribution in [-0.2, 0) is 6.42 Å². The Bertz CT molecular complexity index is 340. The van der Waals surface area contributed by atoms with E-state index in [2.05, 4.69) is 27.8 Å². The lowest BCUT2D eigenvalue weighted by Crippen LogP contribution is -2.13. The van der Waals surface area contributed by atoms with Crippen molar-refractivity contribution in [3.63, 3.8) is 0 Å². The maximum atomic E-state index is 5.93. The summed E-state index contributed by atoms with van der Waals surface area (Å²) < 4.78 is 0. The van der Waals surface area contributed by atoms with Gasteiger partial charge in [-0.2, -0.15) is 0 Å². The van der Waals surface area contributed by atoms with Crippen LogP contribution in [0.15, 0.2) is 18.5 Å². The molecule has 0 saturated heterocycles. The number of hydrogen-bond acceptors (Lipinski definition) is 2. The quantitative estimate of drug-likeness (QED) is 0.838. The monoisotopic (exact) mass is 268 g/mol. The van der Waals surface area contributed by atoms with Crippen molar-refractivity contribution in [2.75, 3.05) is 5.73 Å². The van der Waals surface area contributed by atoms with Gasteiger partial charge in [0.1, 0.15) is 0 Å². The van der Waals surface area contributed by atoms with Crippen LogP contribution in [0.1, 0.15) is 25.3 Å². The summed E-state index contributed by atoms with van der Waals surface area (Å²) in [5.74, 6) is 1.49. The zero-order chi connectivity index (χ0) is 10.8. The molecule has 2 nitrogen and oxygen atoms in total. The molecule has 1 fully saturated rings. The average molecular weight is 269 g/mol. The summed E-state index contributed by atoms with van der Waals surface area (Å²) in [6.07, 6.45) is 7.31. The van der Waals surface area contributed by atoms with Crippen LogP contribution in [0.5, 0.6) is 0 Å². The molecule has 3 heteroatoms. The normalized spacial score (nSPS) is 30.7. The van der Waals surface area contributed by atoms with Gasteiger partial charge in [-0.05, 0) is 42.7 Å². The summed E-state index contributed by atoms with van der Waals surface area (Å²) in [5.41, 5.74) is 8.02. The molecule has 0 spiro atoms. The number of pyridine rings is 1. The number of hydrogen-bond donors (Lipinski definition) is 1. The third-order valence-corrected chi connectivity index (χ3v) is 4.84. The van der Waals surface area contributed by atoms with Gasteiger partial charge in [-0.1, -0.05) is 22.9 Å². The Kier molecular flexibility index (Phi) is 3.29. The lowest BCUT2D eigenvalue weighted by molar-refractivity contribution is 0.423. The summed E-state index contributed by atoms with van der Waals surface area (Å²) in [4.78, 5) is 4.82. The molecule has 1 aromatic heterocycles. The van der Waals surface area contributed by atoms with Crippen LogP contribution in [0.3, 0.4) is 0 Å². The smallest absolute Gasteiger partial charge is 0.0377 e. The predicted octanol–water partition coefficient (Wildman–Crippen LogP) is 3.02. The number of alkyl halides is 1. The van der Waals surface area contributed by atoms with Crippen molar-refractivity contribution in [3.05, 3.63) is 24.0 Å². The SMILES string of the molecule is CC1C(Br)CCC1Cc1cnccc1N. The molecule has 3 atom stereocenters. The maximum absolute atomic E-state index is 5.93. The van der Waals surface area contributed by atoms with Crippen LogP contribution in [0.2, 0.25) is 0 Å². The second-order valence-electron chi connectivity index (χ2n) is 4.49. The molecule has 1 heterocycles. The van der Waals surface area contributed by atoms with Gasteiger partial charge < -0.3 is 5.73 Å². The van der Waals surface area contributed by atoms with E-state index in [1.165, 1.54) is 18.4 Å². The first kappa shape index (κ1) is 10.9. The third kappa shape index (κ3) is 2.33. The lowest BCUT2D eigenvalue weighted by atomic mass is 9.91. The van der Waals surface area contributed by atoms with Gasteiger partial charge >= 0.3 is 0 Å². The van der Waals surface area contributed by atoms with Gasteiger partial charge in [0.05, 0.1) is 0 Å². The number of nitrogens with two attached hydrogens (primary N) is 1. The Morgan fingerprint density at radius 3 is 2.93 bits per heavy atom. The molecule has 0 aromatic carbocycles. The number of rotatable bonds is 2. The minimum Gasteiger partial charge on any atom is -0.398 e. The standard InChI is InChI=1S/C12H17BrN2/c1-8-9(2-3-11(8)13)6-10-7-15-5-4-12(10)14/h4-5,7-9,11H,2-3,6H2,1H3,(H2,14,15). The molecule has 2 N–H and O–H groups in total. The number of halogens is 1. The molecule has 0 radical (unpaired) electrons. The lowest BCUT2D eigenvalue weighted by Gasteiger charge is -2.17. The highest BCUT2D eigenvalue weighted by Crippen LogP contribution is 2.38. The van der Waals surface area contributed by atoms with Gasteiger partial charge in [-0.25, -0.2) is 0 Å². The van der Waals surface area contributed by atoms with E-state index in [4.69, 9.17) is 5.73 Å². The van der Waals surface area contributed by atoms with E-state index in [1.807, 2.05) is 12.3 Å². The van der Waals surface area contributed by atoms with Crippen molar-refractivity contribution < 1.29 is 0 Å². The topological polar surface area (TPSA) is 38.9 Å². The Labute approximate surface area is 99.4 Å². The summed E-state index contributed by atoms with van der Waals surface area (Å²) in [6, 6.07) is 1.89. The zero-order valence-electron chi connectivity index (χ0n) is 8.99. The molecule has 15 heavy (non-hydrogen) atoms. The van der Waals surface area contributed by atoms with Crippen LogP contribution in [0, 0.1) is 11.8 Å². The highest BCUT2D eigenvalue weighted by Gasteiger charge is 2.31. The minimum absolute atomic E-state index is 0.681. The second kappa shape index (κ2) is 4.52. The number of anilines is 1. The van der Waals surface area contributed by atoms with E-state index in [-0.39, 0.29) is 0 Å². The molecule has 2 rings (SSSR count). The summed E-state index contributed by atoms with van der Waals surface area (Å²) in [5, 5.41) is 0. The number of nitrogen functional groups attached to an aromatic ring is 1. The van der Waals surface area contributed by atoms with Gasteiger partial charge in [0, 0.05) is 22.9 Å².